The Kier molecular flexibility index (Phi) is 17.6. The van der Waals surface area contributed by atoms with E-state index >= 15 is 0 Å². The molecule has 0 aromatic heterocycles. The van der Waals surface area contributed by atoms with E-state index in [9.17, 15) is 4.79 Å². The van der Waals surface area contributed by atoms with Gasteiger partial charge in [0.15, 0.2) is 0 Å². The number of unbranched alkanes of at least 4 members (excludes halogenated alkanes) is 6. The van der Waals surface area contributed by atoms with E-state index in [1.165, 1.54) is 39.0 Å². The molecule has 0 fully saturated rings. The number of rotatable bonds is 15. The van der Waals surface area contributed by atoms with Crippen LogP contribution < -0.4 is 0 Å². The minimum atomic E-state index is -0.387. The van der Waals surface area contributed by atoms with Crippen molar-refractivity contribution in [3.8, 4) is 0 Å². The van der Waals surface area contributed by atoms with Crippen molar-refractivity contribution in [3.63, 3.8) is 0 Å². The molecule has 0 aliphatic rings. The summed E-state index contributed by atoms with van der Waals surface area (Å²) in [4.78, 5) is 19.6. The van der Waals surface area contributed by atoms with Gasteiger partial charge in [-0.2, -0.15) is 4.89 Å². The molecule has 0 heterocycles. The quantitative estimate of drug-likeness (QED) is 0.159. The van der Waals surface area contributed by atoms with E-state index in [1.54, 1.807) is 0 Å². The van der Waals surface area contributed by atoms with Gasteiger partial charge in [0.05, 0.1) is 6.61 Å². The summed E-state index contributed by atoms with van der Waals surface area (Å²) in [5.41, 5.74) is 0. The van der Waals surface area contributed by atoms with Crippen molar-refractivity contribution in [1.29, 1.82) is 0 Å². The average Bonchev–Trinajstić information content (AvgIpc) is 2.53. The van der Waals surface area contributed by atoms with Crippen molar-refractivity contribution in [2.75, 3.05) is 6.61 Å². The molecule has 0 rings (SSSR count). The largest absolute Gasteiger partial charge is 0.339 e. The molecule has 0 aliphatic heterocycles. The molecule has 0 radical (unpaired) electrons. The third kappa shape index (κ3) is 20.6. The van der Waals surface area contributed by atoms with Crippen LogP contribution in [0.1, 0.15) is 78.1 Å². The van der Waals surface area contributed by atoms with Crippen LogP contribution in [-0.2, 0) is 14.6 Å². The topological polar surface area (TPSA) is 35.5 Å². The Morgan fingerprint density at radius 2 is 1.35 bits per heavy atom. The third-order valence-electron chi connectivity index (χ3n) is 3.30. The van der Waals surface area contributed by atoms with Crippen LogP contribution in [0, 0.1) is 0 Å². The molecule has 0 aliphatic carbocycles. The second-order valence-corrected chi connectivity index (χ2v) is 5.60. The molecule has 0 saturated carbocycles. The lowest BCUT2D eigenvalue weighted by Gasteiger charge is -2.01. The highest BCUT2D eigenvalue weighted by molar-refractivity contribution is 5.65. The van der Waals surface area contributed by atoms with E-state index in [0.717, 1.165) is 32.1 Å². The minimum Gasteiger partial charge on any atom is -0.299 e. The molecule has 0 N–H and O–H groups in total. The van der Waals surface area contributed by atoms with E-state index in [4.69, 9.17) is 4.89 Å². The van der Waals surface area contributed by atoms with Crippen molar-refractivity contribution in [1.82, 2.24) is 0 Å². The Bertz CT molecular complexity index is 343. The van der Waals surface area contributed by atoms with Crippen LogP contribution in [-0.4, -0.2) is 12.6 Å². The second-order valence-electron chi connectivity index (χ2n) is 5.60. The molecule has 0 unspecified atom stereocenters. The highest BCUT2D eigenvalue weighted by Crippen LogP contribution is 2.08. The number of hydrogen-bond donors (Lipinski definition) is 0. The molecule has 0 bridgehead atoms. The van der Waals surface area contributed by atoms with Crippen molar-refractivity contribution in [2.45, 2.75) is 78.1 Å². The maximum Gasteiger partial charge on any atom is 0.339 e. The smallest absolute Gasteiger partial charge is 0.299 e. The van der Waals surface area contributed by atoms with Crippen molar-refractivity contribution < 1.29 is 14.6 Å². The highest BCUT2D eigenvalue weighted by Gasteiger charge is 1.94. The standard InChI is InChI=1S/C20H34O3/c1-3-4-5-6-7-8-9-10-11-12-13-14-15-16-17-18-19-22-23-20(2)21/h4-5,7-8,10-11H,3,6,9,12-19H2,1-2H3/b5-4-,8-7-,11-10-. The van der Waals surface area contributed by atoms with Gasteiger partial charge in [-0.05, 0) is 38.5 Å². The highest BCUT2D eigenvalue weighted by atomic mass is 17.2. The number of carbonyl (C=O) groups is 1. The van der Waals surface area contributed by atoms with E-state index in [0.29, 0.717) is 6.61 Å². The fraction of sp³-hybridized carbons (Fsp3) is 0.650. The van der Waals surface area contributed by atoms with Gasteiger partial charge >= 0.3 is 5.97 Å². The Morgan fingerprint density at radius 3 is 2.00 bits per heavy atom. The summed E-state index contributed by atoms with van der Waals surface area (Å²) < 4.78 is 0. The number of allylic oxidation sites excluding steroid dienone is 6. The molecule has 23 heavy (non-hydrogen) atoms. The molecule has 3 nitrogen and oxygen atoms in total. The second kappa shape index (κ2) is 18.7. The lowest BCUT2D eigenvalue weighted by Crippen LogP contribution is -2.01. The van der Waals surface area contributed by atoms with Crippen molar-refractivity contribution in [3.05, 3.63) is 36.5 Å². The minimum absolute atomic E-state index is 0.387. The van der Waals surface area contributed by atoms with E-state index in [1.807, 2.05) is 0 Å². The SMILES string of the molecule is CC/C=C\C/C=C\C/C=C\CCCCCCCCOOC(C)=O. The summed E-state index contributed by atoms with van der Waals surface area (Å²) in [6, 6.07) is 0. The zero-order valence-electron chi connectivity index (χ0n) is 15.0. The van der Waals surface area contributed by atoms with Gasteiger partial charge in [-0.25, -0.2) is 4.79 Å². The molecular formula is C20H34O3. The van der Waals surface area contributed by atoms with Crippen LogP contribution in [0.25, 0.3) is 0 Å². The molecular weight excluding hydrogens is 288 g/mol. The fourth-order valence-electron chi connectivity index (χ4n) is 2.08. The average molecular weight is 322 g/mol. The Morgan fingerprint density at radius 1 is 0.783 bits per heavy atom. The summed E-state index contributed by atoms with van der Waals surface area (Å²) in [7, 11) is 0. The first-order valence-electron chi connectivity index (χ1n) is 9.02. The van der Waals surface area contributed by atoms with Crippen molar-refractivity contribution >= 4 is 5.97 Å². The van der Waals surface area contributed by atoms with Crippen LogP contribution in [0.3, 0.4) is 0 Å². The van der Waals surface area contributed by atoms with Crippen LogP contribution in [0.4, 0.5) is 0 Å². The molecule has 0 amide bonds. The molecule has 0 spiro atoms. The van der Waals surface area contributed by atoms with E-state index in [2.05, 4.69) is 48.3 Å². The summed E-state index contributed by atoms with van der Waals surface area (Å²) in [6.45, 7) is 4.00. The zero-order chi connectivity index (χ0) is 17.0. The molecule has 132 valence electrons. The lowest BCUT2D eigenvalue weighted by atomic mass is 10.1. The number of carbonyl (C=O) groups excluding carboxylic acids is 1. The maximum atomic E-state index is 10.5. The summed E-state index contributed by atoms with van der Waals surface area (Å²) >= 11 is 0. The predicted molar refractivity (Wildman–Crippen MR) is 97.0 cm³/mol. The lowest BCUT2D eigenvalue weighted by molar-refractivity contribution is -0.270. The molecule has 0 aromatic rings. The Labute approximate surface area is 142 Å². The van der Waals surface area contributed by atoms with Gasteiger partial charge in [-0.1, -0.05) is 69.1 Å². The monoisotopic (exact) mass is 322 g/mol. The van der Waals surface area contributed by atoms with Crippen LogP contribution in [0.15, 0.2) is 36.5 Å². The first-order chi connectivity index (χ1) is 11.3. The van der Waals surface area contributed by atoms with Gasteiger partial charge in [-0.3, -0.25) is 4.89 Å². The van der Waals surface area contributed by atoms with Gasteiger partial charge in [-0.15, -0.1) is 0 Å². The molecule has 3 heteroatoms. The first-order valence-corrected chi connectivity index (χ1v) is 9.02. The van der Waals surface area contributed by atoms with Crippen LogP contribution >= 0.6 is 0 Å². The summed E-state index contributed by atoms with van der Waals surface area (Å²) in [5.74, 6) is -0.387. The van der Waals surface area contributed by atoms with Gasteiger partial charge in [0, 0.05) is 6.92 Å². The van der Waals surface area contributed by atoms with Crippen LogP contribution in [0.2, 0.25) is 0 Å². The van der Waals surface area contributed by atoms with Gasteiger partial charge < -0.3 is 0 Å². The van der Waals surface area contributed by atoms with E-state index < -0.39 is 0 Å². The summed E-state index contributed by atoms with van der Waals surface area (Å²) in [6.07, 6.45) is 24.9. The van der Waals surface area contributed by atoms with Gasteiger partial charge in [0.25, 0.3) is 0 Å². The predicted octanol–water partition coefficient (Wildman–Crippen LogP) is 6.07. The van der Waals surface area contributed by atoms with Crippen molar-refractivity contribution in [2.24, 2.45) is 0 Å². The maximum absolute atomic E-state index is 10.5. The van der Waals surface area contributed by atoms with Gasteiger partial charge in [0.1, 0.15) is 0 Å². The first kappa shape index (κ1) is 21.6. The molecule has 0 saturated heterocycles. The Balaban J connectivity index is 3.19. The number of hydrogen-bond acceptors (Lipinski definition) is 3. The van der Waals surface area contributed by atoms with E-state index in [-0.39, 0.29) is 5.97 Å². The van der Waals surface area contributed by atoms with Gasteiger partial charge in [0.2, 0.25) is 0 Å². The molecule has 0 aromatic carbocycles. The van der Waals surface area contributed by atoms with Crippen LogP contribution in [0.5, 0.6) is 0 Å². The Hall–Kier alpha value is -1.35. The third-order valence-corrected chi connectivity index (χ3v) is 3.30. The fourth-order valence-corrected chi connectivity index (χ4v) is 2.08. The molecule has 0 atom stereocenters. The zero-order valence-corrected chi connectivity index (χ0v) is 15.0. The summed E-state index contributed by atoms with van der Waals surface area (Å²) in [5, 5.41) is 0. The normalized spacial score (nSPS) is 11.9.